The standard InChI is InChI=1S/C29H29N5O4/c35-28(22-10-14-25(15-11-22)38-19-18-33-16-4-5-17-33)30-27-20-26(31-32-27)21-8-12-24(13-9-21)34(29(36)37)23-6-2-1-3-7-23/h1-3,6-15,20H,4-5,16-19H2,(H,36,37)(H2,30,31,32,35). The molecule has 3 N–H and O–H groups in total. The number of para-hydroxylation sites is 1. The van der Waals surface area contributed by atoms with E-state index in [1.54, 1.807) is 78.9 Å². The largest absolute Gasteiger partial charge is 0.492 e. The first-order valence-electron chi connectivity index (χ1n) is 12.6. The second-order valence-corrected chi connectivity index (χ2v) is 9.04. The number of amides is 2. The molecule has 9 heteroatoms. The highest BCUT2D eigenvalue weighted by molar-refractivity contribution is 6.04. The number of aromatic amines is 1. The van der Waals surface area contributed by atoms with Gasteiger partial charge in [0.25, 0.3) is 5.91 Å². The van der Waals surface area contributed by atoms with Crippen molar-refractivity contribution < 1.29 is 19.4 Å². The predicted molar refractivity (Wildman–Crippen MR) is 146 cm³/mol. The van der Waals surface area contributed by atoms with E-state index >= 15 is 0 Å². The van der Waals surface area contributed by atoms with Crippen LogP contribution in [0.5, 0.6) is 5.75 Å². The molecule has 0 atom stereocenters. The lowest BCUT2D eigenvalue weighted by molar-refractivity contribution is 0.102. The highest BCUT2D eigenvalue weighted by Crippen LogP contribution is 2.28. The Morgan fingerprint density at radius 3 is 2.32 bits per heavy atom. The van der Waals surface area contributed by atoms with Crippen molar-refractivity contribution in [1.82, 2.24) is 15.1 Å². The van der Waals surface area contributed by atoms with Gasteiger partial charge in [0.05, 0.1) is 17.1 Å². The minimum absolute atomic E-state index is 0.265. The molecule has 2 amide bonds. The summed E-state index contributed by atoms with van der Waals surface area (Å²) in [6.45, 7) is 3.82. The van der Waals surface area contributed by atoms with Gasteiger partial charge in [-0.15, -0.1) is 0 Å². The molecule has 1 fully saturated rings. The Balaban J connectivity index is 1.18. The topological polar surface area (TPSA) is 111 Å². The second-order valence-electron chi connectivity index (χ2n) is 9.04. The van der Waals surface area contributed by atoms with Crippen LogP contribution < -0.4 is 15.0 Å². The van der Waals surface area contributed by atoms with Crippen molar-refractivity contribution in [2.75, 3.05) is 36.5 Å². The van der Waals surface area contributed by atoms with Gasteiger partial charge in [0, 0.05) is 23.7 Å². The first kappa shape index (κ1) is 25.0. The van der Waals surface area contributed by atoms with Crippen LogP contribution in [-0.4, -0.2) is 58.4 Å². The molecule has 9 nitrogen and oxygen atoms in total. The number of nitrogens with one attached hydrogen (secondary N) is 2. The van der Waals surface area contributed by atoms with Crippen LogP contribution in [0.15, 0.2) is 84.9 Å². The quantitative estimate of drug-likeness (QED) is 0.269. The number of rotatable bonds is 9. The molecule has 194 valence electrons. The number of nitrogens with zero attached hydrogens (tertiary/aromatic N) is 3. The summed E-state index contributed by atoms with van der Waals surface area (Å²) >= 11 is 0. The number of carbonyl (C=O) groups is 2. The molecular formula is C29H29N5O4. The minimum atomic E-state index is -1.07. The van der Waals surface area contributed by atoms with Crippen LogP contribution >= 0.6 is 0 Å². The third-order valence-corrected chi connectivity index (χ3v) is 6.44. The molecule has 0 unspecified atom stereocenters. The Hall–Kier alpha value is -4.63. The van der Waals surface area contributed by atoms with Crippen molar-refractivity contribution in [3.05, 3.63) is 90.5 Å². The van der Waals surface area contributed by atoms with E-state index in [4.69, 9.17) is 4.74 Å². The van der Waals surface area contributed by atoms with E-state index in [1.165, 1.54) is 17.7 Å². The van der Waals surface area contributed by atoms with Gasteiger partial charge in [0.1, 0.15) is 18.2 Å². The van der Waals surface area contributed by atoms with Crippen molar-refractivity contribution >= 4 is 29.2 Å². The number of likely N-dealkylation sites (tertiary alicyclic amines) is 1. The molecule has 38 heavy (non-hydrogen) atoms. The van der Waals surface area contributed by atoms with E-state index in [0.717, 1.165) is 30.9 Å². The molecule has 5 rings (SSSR count). The van der Waals surface area contributed by atoms with Crippen LogP contribution in [0.25, 0.3) is 11.3 Å². The lowest BCUT2D eigenvalue weighted by Crippen LogP contribution is -2.25. The number of H-pyrrole nitrogens is 1. The molecule has 0 saturated carbocycles. The van der Waals surface area contributed by atoms with Gasteiger partial charge in [-0.1, -0.05) is 30.3 Å². The van der Waals surface area contributed by atoms with E-state index in [0.29, 0.717) is 35.1 Å². The average molecular weight is 512 g/mol. The number of carboxylic acid groups (broad SMARTS) is 1. The van der Waals surface area contributed by atoms with Gasteiger partial charge in [-0.05, 0) is 74.5 Å². The maximum atomic E-state index is 12.7. The Morgan fingerprint density at radius 1 is 0.947 bits per heavy atom. The smallest absolute Gasteiger partial charge is 0.416 e. The molecule has 1 aliphatic rings. The zero-order valence-corrected chi connectivity index (χ0v) is 20.8. The van der Waals surface area contributed by atoms with E-state index in [1.807, 2.05) is 6.07 Å². The van der Waals surface area contributed by atoms with E-state index < -0.39 is 6.09 Å². The molecule has 2 heterocycles. The second kappa shape index (κ2) is 11.6. The van der Waals surface area contributed by atoms with Gasteiger partial charge in [-0.2, -0.15) is 5.10 Å². The van der Waals surface area contributed by atoms with Gasteiger partial charge >= 0.3 is 6.09 Å². The van der Waals surface area contributed by atoms with E-state index in [-0.39, 0.29) is 5.91 Å². The highest BCUT2D eigenvalue weighted by atomic mass is 16.5. The summed E-state index contributed by atoms with van der Waals surface area (Å²) in [6, 6.07) is 24.7. The van der Waals surface area contributed by atoms with Crippen LogP contribution in [0.4, 0.5) is 22.0 Å². The van der Waals surface area contributed by atoms with E-state index in [9.17, 15) is 14.7 Å². The molecule has 0 bridgehead atoms. The lowest BCUT2D eigenvalue weighted by Gasteiger charge is -2.19. The monoisotopic (exact) mass is 511 g/mol. The molecule has 4 aromatic rings. The van der Waals surface area contributed by atoms with Crippen molar-refractivity contribution in [1.29, 1.82) is 0 Å². The maximum absolute atomic E-state index is 12.7. The lowest BCUT2D eigenvalue weighted by atomic mass is 10.1. The van der Waals surface area contributed by atoms with E-state index in [2.05, 4.69) is 20.4 Å². The molecule has 1 aliphatic heterocycles. The summed E-state index contributed by atoms with van der Waals surface area (Å²) in [5.41, 5.74) is 2.97. The summed E-state index contributed by atoms with van der Waals surface area (Å²) in [7, 11) is 0. The average Bonchev–Trinajstić information content (AvgIpc) is 3.63. The van der Waals surface area contributed by atoms with Crippen LogP contribution in [0.2, 0.25) is 0 Å². The number of carbonyl (C=O) groups excluding carboxylic acids is 1. The SMILES string of the molecule is O=C(Nc1cc(-c2ccc(N(C(=O)O)c3ccccc3)cc2)n[nH]1)c1ccc(OCCN2CCCC2)cc1. The number of aromatic nitrogens is 2. The van der Waals surface area contributed by atoms with Gasteiger partial charge < -0.3 is 15.2 Å². The number of anilines is 3. The van der Waals surface area contributed by atoms with Gasteiger partial charge in [-0.3, -0.25) is 14.8 Å². The van der Waals surface area contributed by atoms with Crippen molar-refractivity contribution in [2.24, 2.45) is 0 Å². The third kappa shape index (κ3) is 6.01. The van der Waals surface area contributed by atoms with Gasteiger partial charge in [0.2, 0.25) is 0 Å². The van der Waals surface area contributed by atoms with Crippen molar-refractivity contribution in [3.63, 3.8) is 0 Å². The summed E-state index contributed by atoms with van der Waals surface area (Å²) in [6.07, 6.45) is 1.44. The fourth-order valence-electron chi connectivity index (χ4n) is 4.46. The summed E-state index contributed by atoms with van der Waals surface area (Å²) in [5, 5.41) is 19.6. The molecule has 1 saturated heterocycles. The van der Waals surface area contributed by atoms with Crippen LogP contribution in [0, 0.1) is 0 Å². The molecule has 0 aliphatic carbocycles. The first-order valence-corrected chi connectivity index (χ1v) is 12.6. The molecule has 0 spiro atoms. The zero-order valence-electron chi connectivity index (χ0n) is 20.8. The van der Waals surface area contributed by atoms with Crippen LogP contribution in [-0.2, 0) is 0 Å². The Kier molecular flexibility index (Phi) is 7.65. The first-order chi connectivity index (χ1) is 18.6. The summed E-state index contributed by atoms with van der Waals surface area (Å²) in [5.74, 6) is 0.928. The normalized spacial score (nSPS) is 13.3. The number of benzene rings is 3. The van der Waals surface area contributed by atoms with Gasteiger partial charge in [0.15, 0.2) is 0 Å². The molecular weight excluding hydrogens is 482 g/mol. The fraction of sp³-hybridized carbons (Fsp3) is 0.207. The molecule has 1 aromatic heterocycles. The molecule has 3 aromatic carbocycles. The van der Waals surface area contributed by atoms with Crippen molar-refractivity contribution in [3.8, 4) is 17.0 Å². The number of ether oxygens (including phenoxy) is 1. The summed E-state index contributed by atoms with van der Waals surface area (Å²) in [4.78, 5) is 28.2. The third-order valence-electron chi connectivity index (χ3n) is 6.44. The Morgan fingerprint density at radius 2 is 1.63 bits per heavy atom. The fourth-order valence-corrected chi connectivity index (χ4v) is 4.46. The van der Waals surface area contributed by atoms with Crippen LogP contribution in [0.1, 0.15) is 23.2 Å². The predicted octanol–water partition coefficient (Wildman–Crippen LogP) is 5.62. The maximum Gasteiger partial charge on any atom is 0.416 e. The minimum Gasteiger partial charge on any atom is -0.492 e. The van der Waals surface area contributed by atoms with Crippen molar-refractivity contribution in [2.45, 2.75) is 12.8 Å². The number of hydrogen-bond donors (Lipinski definition) is 3. The molecule has 0 radical (unpaired) electrons. The zero-order chi connectivity index (χ0) is 26.3. The summed E-state index contributed by atoms with van der Waals surface area (Å²) < 4.78 is 5.81. The van der Waals surface area contributed by atoms with Gasteiger partial charge in [-0.25, -0.2) is 9.69 Å². The Labute approximate surface area is 220 Å². The van der Waals surface area contributed by atoms with Crippen LogP contribution in [0.3, 0.4) is 0 Å². The number of hydrogen-bond acceptors (Lipinski definition) is 5. The highest BCUT2D eigenvalue weighted by Gasteiger charge is 2.17. The Bertz CT molecular complexity index is 1360.